The van der Waals surface area contributed by atoms with Crippen LogP contribution < -0.4 is 5.32 Å². The minimum Gasteiger partial charge on any atom is -0.455 e. The minimum absolute atomic E-state index is 0.164. The third-order valence-electron chi connectivity index (χ3n) is 4.59. The van der Waals surface area contributed by atoms with Crippen LogP contribution in [0.1, 0.15) is 38.2 Å². The molecule has 2 fully saturated rings. The first-order valence-electron chi connectivity index (χ1n) is 7.74. The molecule has 0 heterocycles. The number of halogens is 1. The monoisotopic (exact) mass is 321 g/mol. The van der Waals surface area contributed by atoms with Gasteiger partial charge in [-0.3, -0.25) is 9.59 Å². The van der Waals surface area contributed by atoms with Crippen LogP contribution in [0.2, 0.25) is 5.02 Å². The fraction of sp³-hybridized carbons (Fsp3) is 0.529. The predicted octanol–water partition coefficient (Wildman–Crippen LogP) is 2.83. The molecule has 0 spiro atoms. The molecule has 5 heteroatoms. The van der Waals surface area contributed by atoms with Gasteiger partial charge in [0.2, 0.25) is 0 Å². The Hall–Kier alpha value is -1.55. The Labute approximate surface area is 135 Å². The first kappa shape index (κ1) is 15.3. The first-order valence-corrected chi connectivity index (χ1v) is 8.12. The zero-order valence-corrected chi connectivity index (χ0v) is 13.4. The van der Waals surface area contributed by atoms with Crippen molar-refractivity contribution in [2.24, 2.45) is 5.92 Å². The normalized spacial score (nSPS) is 20.1. The molecular formula is C17H20ClNO3. The fourth-order valence-corrected chi connectivity index (χ4v) is 2.91. The molecule has 3 rings (SSSR count). The second kappa shape index (κ2) is 5.92. The van der Waals surface area contributed by atoms with Crippen LogP contribution in [0.15, 0.2) is 24.3 Å². The highest BCUT2D eigenvalue weighted by Crippen LogP contribution is 2.49. The number of rotatable bonds is 6. The number of carbonyl (C=O) groups is 2. The summed E-state index contributed by atoms with van der Waals surface area (Å²) in [6.45, 7) is 1.79. The lowest BCUT2D eigenvalue weighted by Gasteiger charge is -2.16. The quantitative estimate of drug-likeness (QED) is 0.820. The van der Waals surface area contributed by atoms with Crippen LogP contribution in [0, 0.1) is 5.92 Å². The molecule has 4 nitrogen and oxygen atoms in total. The average Bonchev–Trinajstić information content (AvgIpc) is 3.38. The first-order chi connectivity index (χ1) is 10.5. The number of esters is 1. The SMILES string of the molecule is C[C@H](NC(=O)COC(=O)C1(c2ccc(Cl)cc2)CC1)C1CC1. The van der Waals surface area contributed by atoms with Crippen LogP contribution >= 0.6 is 11.6 Å². The molecule has 2 saturated carbocycles. The van der Waals surface area contributed by atoms with E-state index in [-0.39, 0.29) is 24.5 Å². The van der Waals surface area contributed by atoms with Gasteiger partial charge < -0.3 is 10.1 Å². The summed E-state index contributed by atoms with van der Waals surface area (Å²) in [5.74, 6) is 0.0483. The van der Waals surface area contributed by atoms with Crippen molar-refractivity contribution in [1.82, 2.24) is 5.32 Å². The predicted molar refractivity (Wildman–Crippen MR) is 83.7 cm³/mol. The maximum atomic E-state index is 12.3. The topological polar surface area (TPSA) is 55.4 Å². The lowest BCUT2D eigenvalue weighted by atomic mass is 9.96. The van der Waals surface area contributed by atoms with Gasteiger partial charge in [-0.15, -0.1) is 0 Å². The highest BCUT2D eigenvalue weighted by molar-refractivity contribution is 6.30. The van der Waals surface area contributed by atoms with E-state index >= 15 is 0 Å². The van der Waals surface area contributed by atoms with E-state index in [0.29, 0.717) is 10.9 Å². The van der Waals surface area contributed by atoms with E-state index in [1.165, 1.54) is 12.8 Å². The molecule has 1 aromatic rings. The molecule has 0 unspecified atom stereocenters. The summed E-state index contributed by atoms with van der Waals surface area (Å²) in [7, 11) is 0. The van der Waals surface area contributed by atoms with Crippen molar-refractivity contribution in [2.75, 3.05) is 6.61 Å². The Balaban J connectivity index is 1.53. The molecule has 0 aromatic heterocycles. The van der Waals surface area contributed by atoms with Gasteiger partial charge in [0.1, 0.15) is 0 Å². The minimum atomic E-state index is -0.576. The van der Waals surface area contributed by atoms with Crippen LogP contribution in [0.5, 0.6) is 0 Å². The second-order valence-electron chi connectivity index (χ2n) is 6.36. The second-order valence-corrected chi connectivity index (χ2v) is 6.80. The molecule has 0 bridgehead atoms. The zero-order valence-electron chi connectivity index (χ0n) is 12.6. The molecule has 1 N–H and O–H groups in total. The van der Waals surface area contributed by atoms with E-state index in [4.69, 9.17) is 16.3 Å². The molecule has 1 atom stereocenters. The number of hydrogen-bond donors (Lipinski definition) is 1. The van der Waals surface area contributed by atoms with Crippen molar-refractivity contribution in [3.63, 3.8) is 0 Å². The van der Waals surface area contributed by atoms with Crippen LogP contribution in [-0.4, -0.2) is 24.5 Å². The van der Waals surface area contributed by atoms with Gasteiger partial charge in [-0.05, 0) is 56.2 Å². The van der Waals surface area contributed by atoms with Gasteiger partial charge in [0, 0.05) is 11.1 Å². The van der Waals surface area contributed by atoms with Crippen molar-refractivity contribution in [2.45, 2.75) is 44.1 Å². The highest BCUT2D eigenvalue weighted by atomic mass is 35.5. The smallest absolute Gasteiger partial charge is 0.317 e. The lowest BCUT2D eigenvalue weighted by molar-refractivity contribution is -0.151. The van der Waals surface area contributed by atoms with Gasteiger partial charge in [-0.25, -0.2) is 0 Å². The lowest BCUT2D eigenvalue weighted by Crippen LogP contribution is -2.38. The summed E-state index contributed by atoms with van der Waals surface area (Å²) in [6, 6.07) is 7.41. The van der Waals surface area contributed by atoms with Gasteiger partial charge in [0.15, 0.2) is 6.61 Å². The Morgan fingerprint density at radius 2 is 1.95 bits per heavy atom. The van der Waals surface area contributed by atoms with Crippen LogP contribution in [0.25, 0.3) is 0 Å². The molecule has 1 aromatic carbocycles. The van der Waals surface area contributed by atoms with E-state index < -0.39 is 5.41 Å². The number of carbonyl (C=O) groups excluding carboxylic acids is 2. The summed E-state index contributed by atoms with van der Waals surface area (Å²) in [5.41, 5.74) is 0.334. The number of benzene rings is 1. The van der Waals surface area contributed by atoms with Crippen molar-refractivity contribution < 1.29 is 14.3 Å². The van der Waals surface area contributed by atoms with E-state index in [2.05, 4.69) is 5.32 Å². The van der Waals surface area contributed by atoms with Crippen LogP contribution in [-0.2, 0) is 19.7 Å². The van der Waals surface area contributed by atoms with E-state index in [1.807, 2.05) is 19.1 Å². The average molecular weight is 322 g/mol. The summed E-state index contributed by atoms with van der Waals surface area (Å²) in [5, 5.41) is 3.52. The molecule has 0 aliphatic heterocycles. The van der Waals surface area contributed by atoms with Gasteiger partial charge in [0.05, 0.1) is 5.41 Å². The van der Waals surface area contributed by atoms with Crippen molar-refractivity contribution in [3.05, 3.63) is 34.9 Å². The van der Waals surface area contributed by atoms with Crippen LogP contribution in [0.3, 0.4) is 0 Å². The third-order valence-corrected chi connectivity index (χ3v) is 4.84. The Morgan fingerprint density at radius 3 is 2.50 bits per heavy atom. The molecule has 22 heavy (non-hydrogen) atoms. The summed E-state index contributed by atoms with van der Waals surface area (Å²) in [4.78, 5) is 24.1. The number of nitrogens with one attached hydrogen (secondary N) is 1. The zero-order chi connectivity index (χ0) is 15.7. The van der Waals surface area contributed by atoms with Crippen molar-refractivity contribution >= 4 is 23.5 Å². The van der Waals surface area contributed by atoms with E-state index in [9.17, 15) is 9.59 Å². The maximum absolute atomic E-state index is 12.3. The number of hydrogen-bond acceptors (Lipinski definition) is 3. The Kier molecular flexibility index (Phi) is 4.13. The fourth-order valence-electron chi connectivity index (χ4n) is 2.78. The van der Waals surface area contributed by atoms with Gasteiger partial charge in [-0.2, -0.15) is 0 Å². The molecule has 1 amide bonds. The largest absolute Gasteiger partial charge is 0.455 e. The van der Waals surface area contributed by atoms with Gasteiger partial charge in [-0.1, -0.05) is 23.7 Å². The molecule has 0 radical (unpaired) electrons. The van der Waals surface area contributed by atoms with Gasteiger partial charge in [0.25, 0.3) is 5.91 Å². The molecule has 2 aliphatic carbocycles. The third kappa shape index (κ3) is 3.27. The van der Waals surface area contributed by atoms with Gasteiger partial charge >= 0.3 is 5.97 Å². The molecule has 0 saturated heterocycles. The van der Waals surface area contributed by atoms with E-state index in [0.717, 1.165) is 18.4 Å². The summed E-state index contributed by atoms with van der Waals surface area (Å²) < 4.78 is 5.23. The summed E-state index contributed by atoms with van der Waals surface area (Å²) in [6.07, 6.45) is 3.85. The molecule has 118 valence electrons. The molecular weight excluding hydrogens is 302 g/mol. The van der Waals surface area contributed by atoms with Crippen LogP contribution in [0.4, 0.5) is 0 Å². The van der Waals surface area contributed by atoms with Crippen molar-refractivity contribution in [1.29, 1.82) is 0 Å². The standard InChI is InChI=1S/C17H20ClNO3/c1-11(12-2-3-12)19-15(20)10-22-16(21)17(8-9-17)13-4-6-14(18)7-5-13/h4-7,11-12H,2-3,8-10H2,1H3,(H,19,20)/t11-/m0/s1. The van der Waals surface area contributed by atoms with Crippen molar-refractivity contribution in [3.8, 4) is 0 Å². The summed E-state index contributed by atoms with van der Waals surface area (Å²) >= 11 is 5.87. The number of amides is 1. The number of ether oxygens (including phenoxy) is 1. The van der Waals surface area contributed by atoms with E-state index in [1.54, 1.807) is 12.1 Å². The molecule has 2 aliphatic rings. The highest BCUT2D eigenvalue weighted by Gasteiger charge is 2.52. The Morgan fingerprint density at radius 1 is 1.32 bits per heavy atom. The Bertz CT molecular complexity index is 576. The maximum Gasteiger partial charge on any atom is 0.317 e.